The summed E-state index contributed by atoms with van der Waals surface area (Å²) < 4.78 is 0. The van der Waals surface area contributed by atoms with E-state index in [1.807, 2.05) is 54.6 Å². The highest BCUT2D eigenvalue weighted by atomic mass is 35.5. The molecule has 0 fully saturated rings. The molecule has 0 spiro atoms. The Morgan fingerprint density at radius 3 is 2.23 bits per heavy atom. The van der Waals surface area contributed by atoms with Crippen molar-refractivity contribution in [2.75, 3.05) is 0 Å². The molecule has 30 heavy (non-hydrogen) atoms. The Hall–Kier alpha value is -3.18. The summed E-state index contributed by atoms with van der Waals surface area (Å²) >= 11 is 5.89. The Kier molecular flexibility index (Phi) is 7.20. The van der Waals surface area contributed by atoms with E-state index in [2.05, 4.69) is 10.6 Å². The van der Waals surface area contributed by atoms with Gasteiger partial charge in [0.05, 0.1) is 6.04 Å². The second-order valence-electron chi connectivity index (χ2n) is 7.22. The predicted molar refractivity (Wildman–Crippen MR) is 118 cm³/mol. The van der Waals surface area contributed by atoms with E-state index >= 15 is 0 Å². The van der Waals surface area contributed by atoms with E-state index < -0.39 is 18.0 Å². The lowest BCUT2D eigenvalue weighted by molar-refractivity contribution is -0.129. The first-order chi connectivity index (χ1) is 14.4. The Morgan fingerprint density at radius 1 is 0.900 bits per heavy atom. The van der Waals surface area contributed by atoms with Crippen molar-refractivity contribution in [1.82, 2.24) is 10.6 Å². The topological polar surface area (TPSA) is 75.3 Å². The van der Waals surface area contributed by atoms with Gasteiger partial charge in [0.25, 0.3) is 0 Å². The molecule has 2 N–H and O–H groups in total. The number of rotatable bonds is 8. The minimum atomic E-state index is -0.781. The van der Waals surface area contributed by atoms with Crippen LogP contribution in [0.15, 0.2) is 66.7 Å². The summed E-state index contributed by atoms with van der Waals surface area (Å²) in [5, 5.41) is 8.20. The second kappa shape index (κ2) is 10.0. The quantitative estimate of drug-likeness (QED) is 0.546. The first kappa shape index (κ1) is 21.5. The zero-order chi connectivity index (χ0) is 21.5. The van der Waals surface area contributed by atoms with Crippen LogP contribution in [0, 0.1) is 0 Å². The number of hydrogen-bond acceptors (Lipinski definition) is 3. The van der Waals surface area contributed by atoms with Crippen molar-refractivity contribution in [3.63, 3.8) is 0 Å². The number of aldehydes is 1. The number of hydrogen-bond donors (Lipinski definition) is 2. The van der Waals surface area contributed by atoms with E-state index in [1.54, 1.807) is 12.1 Å². The molecule has 0 saturated carbocycles. The Morgan fingerprint density at radius 2 is 1.57 bits per heavy atom. The van der Waals surface area contributed by atoms with Crippen LogP contribution in [0.3, 0.4) is 0 Å². The molecular formula is C24H23ClN2O3. The number of halogens is 1. The number of nitrogens with one attached hydrogen (secondary N) is 2. The van der Waals surface area contributed by atoms with E-state index in [4.69, 9.17) is 11.6 Å². The molecule has 0 unspecified atom stereocenters. The molecule has 5 nitrogen and oxygen atoms in total. The summed E-state index contributed by atoms with van der Waals surface area (Å²) in [4.78, 5) is 36.1. The zero-order valence-corrected chi connectivity index (χ0v) is 17.4. The van der Waals surface area contributed by atoms with Crippen LogP contribution in [0.2, 0.25) is 5.02 Å². The molecule has 154 valence electrons. The van der Waals surface area contributed by atoms with Gasteiger partial charge in [0.1, 0.15) is 12.3 Å². The first-order valence-corrected chi connectivity index (χ1v) is 10.1. The predicted octanol–water partition coefficient (Wildman–Crippen LogP) is 3.47. The summed E-state index contributed by atoms with van der Waals surface area (Å²) in [6.45, 7) is 1.37. The van der Waals surface area contributed by atoms with Gasteiger partial charge in [0.15, 0.2) is 0 Å². The molecule has 0 aromatic heterocycles. The van der Waals surface area contributed by atoms with Gasteiger partial charge in [0, 0.05) is 18.4 Å². The van der Waals surface area contributed by atoms with Crippen molar-refractivity contribution in [1.29, 1.82) is 0 Å². The number of fused-ring (bicyclic) bond motifs is 1. The highest BCUT2D eigenvalue weighted by Gasteiger charge is 2.23. The minimum Gasteiger partial charge on any atom is -0.344 e. The molecule has 0 bridgehead atoms. The second-order valence-corrected chi connectivity index (χ2v) is 7.66. The van der Waals surface area contributed by atoms with Gasteiger partial charge in [-0.25, -0.2) is 0 Å². The van der Waals surface area contributed by atoms with E-state index in [1.165, 1.54) is 6.92 Å². The lowest BCUT2D eigenvalue weighted by Crippen LogP contribution is -2.51. The third-order valence-electron chi connectivity index (χ3n) is 4.81. The summed E-state index contributed by atoms with van der Waals surface area (Å²) in [5.41, 5.74) is 1.80. The fourth-order valence-electron chi connectivity index (χ4n) is 3.35. The van der Waals surface area contributed by atoms with Crippen molar-refractivity contribution in [3.8, 4) is 0 Å². The van der Waals surface area contributed by atoms with Crippen LogP contribution in [0.1, 0.15) is 18.1 Å². The lowest BCUT2D eigenvalue weighted by atomic mass is 10.0. The molecule has 0 aliphatic carbocycles. The zero-order valence-electron chi connectivity index (χ0n) is 16.6. The average Bonchev–Trinajstić information content (AvgIpc) is 2.73. The van der Waals surface area contributed by atoms with Gasteiger partial charge >= 0.3 is 0 Å². The molecule has 6 heteroatoms. The monoisotopic (exact) mass is 422 g/mol. The first-order valence-electron chi connectivity index (χ1n) is 9.69. The number of carbonyl (C=O) groups is 3. The van der Waals surface area contributed by atoms with E-state index in [0.29, 0.717) is 24.2 Å². The standard InChI is InChI=1S/C24H23ClN2O3/c1-16(29)26-23(14-18-6-9-19-4-2-3-5-20(19)12-18)24(30)27-22(15-28)13-17-7-10-21(25)11-8-17/h2-12,15,22-23H,13-14H2,1H3,(H,26,29)(H,27,30)/t22-,23-/m0/s1. The van der Waals surface area contributed by atoms with Crippen molar-refractivity contribution in [3.05, 3.63) is 82.9 Å². The smallest absolute Gasteiger partial charge is 0.243 e. The van der Waals surface area contributed by atoms with E-state index in [-0.39, 0.29) is 5.91 Å². The van der Waals surface area contributed by atoms with Crippen molar-refractivity contribution >= 4 is 40.5 Å². The summed E-state index contributed by atoms with van der Waals surface area (Å²) in [6.07, 6.45) is 1.37. The maximum absolute atomic E-state index is 12.9. The molecular weight excluding hydrogens is 400 g/mol. The molecule has 0 heterocycles. The summed E-state index contributed by atoms with van der Waals surface area (Å²) in [6, 6.07) is 19.5. The SMILES string of the molecule is CC(=O)N[C@@H](Cc1ccc2ccccc2c1)C(=O)N[C@H](C=O)Cc1ccc(Cl)cc1. The summed E-state index contributed by atoms with van der Waals surface area (Å²) in [5.74, 6) is -0.708. The van der Waals surface area contributed by atoms with Crippen molar-refractivity contribution in [2.24, 2.45) is 0 Å². The van der Waals surface area contributed by atoms with Gasteiger partial charge in [-0.15, -0.1) is 0 Å². The maximum Gasteiger partial charge on any atom is 0.243 e. The van der Waals surface area contributed by atoms with Gasteiger partial charge in [-0.2, -0.15) is 0 Å². The Bertz CT molecular complexity index is 1050. The van der Waals surface area contributed by atoms with Crippen LogP contribution < -0.4 is 10.6 Å². The van der Waals surface area contributed by atoms with Crippen LogP contribution in [-0.2, 0) is 27.2 Å². The Labute approximate surface area is 180 Å². The maximum atomic E-state index is 12.9. The third kappa shape index (κ3) is 5.91. The average molecular weight is 423 g/mol. The van der Waals surface area contributed by atoms with Gasteiger partial charge in [-0.1, -0.05) is 66.2 Å². The Balaban J connectivity index is 1.72. The molecule has 3 aromatic rings. The van der Waals surface area contributed by atoms with Crippen LogP contribution in [0.25, 0.3) is 10.8 Å². The highest BCUT2D eigenvalue weighted by Crippen LogP contribution is 2.17. The number of amides is 2. The molecule has 0 aliphatic rings. The fraction of sp³-hybridized carbons (Fsp3) is 0.208. The molecule has 0 saturated heterocycles. The fourth-order valence-corrected chi connectivity index (χ4v) is 3.47. The van der Waals surface area contributed by atoms with Crippen LogP contribution in [-0.4, -0.2) is 30.2 Å². The lowest BCUT2D eigenvalue weighted by Gasteiger charge is -2.21. The van der Waals surface area contributed by atoms with Gasteiger partial charge < -0.3 is 15.4 Å². The number of carbonyl (C=O) groups excluding carboxylic acids is 3. The van der Waals surface area contributed by atoms with E-state index in [9.17, 15) is 14.4 Å². The molecule has 0 radical (unpaired) electrons. The molecule has 0 aliphatic heterocycles. The molecule has 2 atom stereocenters. The third-order valence-corrected chi connectivity index (χ3v) is 5.06. The van der Waals surface area contributed by atoms with Crippen LogP contribution in [0.4, 0.5) is 0 Å². The highest BCUT2D eigenvalue weighted by molar-refractivity contribution is 6.30. The molecule has 3 rings (SSSR count). The van der Waals surface area contributed by atoms with Crippen molar-refractivity contribution < 1.29 is 14.4 Å². The van der Waals surface area contributed by atoms with E-state index in [0.717, 1.165) is 21.9 Å². The largest absolute Gasteiger partial charge is 0.344 e. The van der Waals surface area contributed by atoms with Crippen LogP contribution in [0.5, 0.6) is 0 Å². The van der Waals surface area contributed by atoms with Crippen molar-refractivity contribution in [2.45, 2.75) is 31.8 Å². The minimum absolute atomic E-state index is 0.309. The van der Waals surface area contributed by atoms with Crippen LogP contribution >= 0.6 is 11.6 Å². The van der Waals surface area contributed by atoms with Gasteiger partial charge in [-0.05, 0) is 40.5 Å². The summed E-state index contributed by atoms with van der Waals surface area (Å²) in [7, 11) is 0. The normalized spacial score (nSPS) is 12.7. The number of benzene rings is 3. The molecule has 2 amide bonds. The van der Waals surface area contributed by atoms with Gasteiger partial charge in [-0.3, -0.25) is 9.59 Å². The molecule has 3 aromatic carbocycles. The van der Waals surface area contributed by atoms with Gasteiger partial charge in [0.2, 0.25) is 11.8 Å².